The lowest BCUT2D eigenvalue weighted by Gasteiger charge is -2.16. The van der Waals surface area contributed by atoms with Crippen LogP contribution < -0.4 is 10.5 Å². The van der Waals surface area contributed by atoms with Crippen LogP contribution in [0.25, 0.3) is 0 Å². The number of halogens is 1. The maximum atomic E-state index is 12.6. The number of aryl methyl sites for hydroxylation is 2. The first kappa shape index (κ1) is 14.5. The van der Waals surface area contributed by atoms with E-state index in [4.69, 9.17) is 10.5 Å². The van der Waals surface area contributed by atoms with Crippen LogP contribution in [0.1, 0.15) is 28.3 Å². The molecule has 2 rings (SSSR count). The average Bonchev–Trinajstić information content (AvgIpc) is 2.46. The molecule has 0 saturated heterocycles. The van der Waals surface area contributed by atoms with Crippen LogP contribution in [0.3, 0.4) is 0 Å². The van der Waals surface area contributed by atoms with Crippen LogP contribution in [-0.4, -0.2) is 6.67 Å². The Labute approximate surface area is 119 Å². The molecule has 2 aromatic carbocycles. The van der Waals surface area contributed by atoms with Crippen molar-refractivity contribution in [1.29, 1.82) is 0 Å². The Kier molecular flexibility index (Phi) is 4.74. The van der Waals surface area contributed by atoms with Gasteiger partial charge in [-0.2, -0.15) is 0 Å². The van der Waals surface area contributed by atoms with Gasteiger partial charge >= 0.3 is 0 Å². The predicted octanol–water partition coefficient (Wildman–Crippen LogP) is 3.85. The van der Waals surface area contributed by atoms with Crippen LogP contribution in [0.15, 0.2) is 42.5 Å². The van der Waals surface area contributed by atoms with Crippen molar-refractivity contribution < 1.29 is 9.13 Å². The Morgan fingerprint density at radius 2 is 1.70 bits per heavy atom. The molecule has 0 aliphatic heterocycles. The summed E-state index contributed by atoms with van der Waals surface area (Å²) in [5.74, 6) is 0.851. The molecule has 0 spiro atoms. The molecule has 0 saturated carbocycles. The first-order valence-electron chi connectivity index (χ1n) is 6.71. The molecule has 0 aliphatic rings. The van der Waals surface area contributed by atoms with Crippen molar-refractivity contribution in [1.82, 2.24) is 0 Å². The number of hydrogen-bond donors (Lipinski definition) is 1. The number of ether oxygens (including phenoxy) is 1. The van der Waals surface area contributed by atoms with E-state index in [1.54, 1.807) is 0 Å². The summed E-state index contributed by atoms with van der Waals surface area (Å²) in [6.07, 6.45) is 0. The van der Waals surface area contributed by atoms with Crippen molar-refractivity contribution in [2.45, 2.75) is 26.5 Å². The zero-order chi connectivity index (χ0) is 14.5. The third kappa shape index (κ3) is 3.36. The Morgan fingerprint density at radius 1 is 1.10 bits per heavy atom. The van der Waals surface area contributed by atoms with Crippen LogP contribution in [-0.2, 0) is 6.61 Å². The second-order valence-corrected chi connectivity index (χ2v) is 5.02. The lowest BCUT2D eigenvalue weighted by molar-refractivity contribution is 0.301. The van der Waals surface area contributed by atoms with Gasteiger partial charge in [-0.1, -0.05) is 42.5 Å². The van der Waals surface area contributed by atoms with E-state index in [9.17, 15) is 4.39 Å². The molecule has 0 heterocycles. The summed E-state index contributed by atoms with van der Waals surface area (Å²) in [6, 6.07) is 13.2. The highest BCUT2D eigenvalue weighted by Crippen LogP contribution is 2.27. The molecule has 0 fully saturated rings. The summed E-state index contributed by atoms with van der Waals surface area (Å²) in [5, 5.41) is 0. The SMILES string of the molecule is Cc1cc([C@H](N)CF)cc(C)c1OCc1ccccc1. The quantitative estimate of drug-likeness (QED) is 0.898. The van der Waals surface area contributed by atoms with Crippen LogP contribution >= 0.6 is 0 Å². The molecule has 2 N–H and O–H groups in total. The molecule has 106 valence electrons. The lowest BCUT2D eigenvalue weighted by atomic mass is 10.0. The van der Waals surface area contributed by atoms with Gasteiger partial charge < -0.3 is 10.5 Å². The van der Waals surface area contributed by atoms with Crippen LogP contribution in [0, 0.1) is 13.8 Å². The van der Waals surface area contributed by atoms with Crippen molar-refractivity contribution in [2.75, 3.05) is 6.67 Å². The van der Waals surface area contributed by atoms with Gasteiger partial charge in [-0.25, -0.2) is 4.39 Å². The molecule has 2 nitrogen and oxygen atoms in total. The fourth-order valence-electron chi connectivity index (χ4n) is 2.24. The minimum atomic E-state index is -0.560. The van der Waals surface area contributed by atoms with E-state index in [2.05, 4.69) is 0 Å². The maximum Gasteiger partial charge on any atom is 0.125 e. The largest absolute Gasteiger partial charge is 0.488 e. The molecular weight excluding hydrogens is 253 g/mol. The molecule has 0 aromatic heterocycles. The third-order valence-electron chi connectivity index (χ3n) is 3.30. The molecule has 0 unspecified atom stereocenters. The summed E-state index contributed by atoms with van der Waals surface area (Å²) in [5.41, 5.74) is 9.64. The predicted molar refractivity (Wildman–Crippen MR) is 79.6 cm³/mol. The molecule has 3 heteroatoms. The van der Waals surface area contributed by atoms with Gasteiger partial charge in [0.05, 0.1) is 6.04 Å². The van der Waals surface area contributed by atoms with Gasteiger partial charge in [0.2, 0.25) is 0 Å². The lowest BCUT2D eigenvalue weighted by Crippen LogP contribution is -2.13. The van der Waals surface area contributed by atoms with E-state index in [1.807, 2.05) is 56.3 Å². The minimum Gasteiger partial charge on any atom is -0.488 e. The van der Waals surface area contributed by atoms with Gasteiger partial charge in [-0.05, 0) is 36.1 Å². The first-order chi connectivity index (χ1) is 9.61. The van der Waals surface area contributed by atoms with E-state index in [0.717, 1.165) is 28.0 Å². The number of benzene rings is 2. The minimum absolute atomic E-state index is 0.525. The smallest absolute Gasteiger partial charge is 0.125 e. The standard InChI is InChI=1S/C17H20FNO/c1-12-8-15(16(19)10-18)9-13(2)17(12)20-11-14-6-4-3-5-7-14/h3-9,16H,10-11,19H2,1-2H3/t16-/m1/s1. The zero-order valence-corrected chi connectivity index (χ0v) is 11.9. The van der Waals surface area contributed by atoms with Crippen LogP contribution in [0.2, 0.25) is 0 Å². The first-order valence-corrected chi connectivity index (χ1v) is 6.71. The molecule has 20 heavy (non-hydrogen) atoms. The molecule has 2 aromatic rings. The van der Waals surface area contributed by atoms with Gasteiger partial charge in [0, 0.05) is 0 Å². The normalized spacial score (nSPS) is 12.2. The number of nitrogens with two attached hydrogens (primary N) is 1. The maximum absolute atomic E-state index is 12.6. The van der Waals surface area contributed by atoms with Gasteiger partial charge in [-0.3, -0.25) is 0 Å². The van der Waals surface area contributed by atoms with E-state index < -0.39 is 12.7 Å². The molecule has 0 bridgehead atoms. The van der Waals surface area contributed by atoms with Crippen LogP contribution in [0.5, 0.6) is 5.75 Å². The number of rotatable bonds is 5. The summed E-state index contributed by atoms with van der Waals surface area (Å²) in [6.45, 7) is 3.89. The average molecular weight is 273 g/mol. The highest BCUT2D eigenvalue weighted by molar-refractivity contribution is 5.44. The molecule has 0 radical (unpaired) electrons. The highest BCUT2D eigenvalue weighted by atomic mass is 19.1. The van der Waals surface area contributed by atoms with Gasteiger partial charge in [-0.15, -0.1) is 0 Å². The van der Waals surface area contributed by atoms with Crippen molar-refractivity contribution in [2.24, 2.45) is 5.73 Å². The second kappa shape index (κ2) is 6.53. The summed E-state index contributed by atoms with van der Waals surface area (Å²) >= 11 is 0. The Morgan fingerprint density at radius 3 is 2.25 bits per heavy atom. The van der Waals surface area contributed by atoms with Crippen molar-refractivity contribution in [3.63, 3.8) is 0 Å². The van der Waals surface area contributed by atoms with Gasteiger partial charge in [0.1, 0.15) is 19.0 Å². The highest BCUT2D eigenvalue weighted by Gasteiger charge is 2.11. The van der Waals surface area contributed by atoms with E-state index in [1.165, 1.54) is 0 Å². The van der Waals surface area contributed by atoms with Crippen molar-refractivity contribution >= 4 is 0 Å². The Balaban J connectivity index is 2.16. The van der Waals surface area contributed by atoms with Crippen molar-refractivity contribution in [3.8, 4) is 5.75 Å². The van der Waals surface area contributed by atoms with Crippen molar-refractivity contribution in [3.05, 3.63) is 64.7 Å². The Bertz CT molecular complexity index is 545. The van der Waals surface area contributed by atoms with E-state index in [-0.39, 0.29) is 0 Å². The fourth-order valence-corrected chi connectivity index (χ4v) is 2.24. The Hall–Kier alpha value is -1.87. The van der Waals surface area contributed by atoms with E-state index >= 15 is 0 Å². The summed E-state index contributed by atoms with van der Waals surface area (Å²) < 4.78 is 18.5. The molecule has 1 atom stereocenters. The summed E-state index contributed by atoms with van der Waals surface area (Å²) in [4.78, 5) is 0. The number of alkyl halides is 1. The van der Waals surface area contributed by atoms with Crippen LogP contribution in [0.4, 0.5) is 4.39 Å². The number of hydrogen-bond acceptors (Lipinski definition) is 2. The zero-order valence-electron chi connectivity index (χ0n) is 11.9. The molecule has 0 aliphatic carbocycles. The molecule has 0 amide bonds. The topological polar surface area (TPSA) is 35.2 Å². The second-order valence-electron chi connectivity index (χ2n) is 5.02. The van der Waals surface area contributed by atoms with E-state index in [0.29, 0.717) is 6.61 Å². The molecular formula is C17H20FNO. The fraction of sp³-hybridized carbons (Fsp3) is 0.294. The summed E-state index contributed by atoms with van der Waals surface area (Å²) in [7, 11) is 0. The monoisotopic (exact) mass is 273 g/mol. The van der Waals surface area contributed by atoms with Gasteiger partial charge in [0.25, 0.3) is 0 Å². The van der Waals surface area contributed by atoms with Gasteiger partial charge in [0.15, 0.2) is 0 Å². The third-order valence-corrected chi connectivity index (χ3v) is 3.30.